The maximum absolute atomic E-state index is 11.8. The summed E-state index contributed by atoms with van der Waals surface area (Å²) in [5.74, 6) is 1.43. The van der Waals surface area contributed by atoms with Gasteiger partial charge in [-0.15, -0.1) is 0 Å². The van der Waals surface area contributed by atoms with Gasteiger partial charge in [-0.05, 0) is 51.9 Å². The zero-order chi connectivity index (χ0) is 11.8. The van der Waals surface area contributed by atoms with Crippen molar-refractivity contribution < 1.29 is 14.3 Å². The van der Waals surface area contributed by atoms with E-state index in [0.29, 0.717) is 11.8 Å². The van der Waals surface area contributed by atoms with Crippen LogP contribution in [0.25, 0.3) is 0 Å². The van der Waals surface area contributed by atoms with Crippen LogP contribution in [0.1, 0.15) is 40.0 Å². The van der Waals surface area contributed by atoms with Gasteiger partial charge in [0.2, 0.25) is 0 Å². The van der Waals surface area contributed by atoms with Crippen molar-refractivity contribution in [3.63, 3.8) is 0 Å². The normalized spacial score (nSPS) is 31.2. The van der Waals surface area contributed by atoms with Crippen molar-refractivity contribution >= 4 is 5.97 Å². The van der Waals surface area contributed by atoms with Gasteiger partial charge >= 0.3 is 5.97 Å². The topological polar surface area (TPSA) is 35.5 Å². The second-order valence-electron chi connectivity index (χ2n) is 5.99. The monoisotopic (exact) mass is 226 g/mol. The van der Waals surface area contributed by atoms with Crippen molar-refractivity contribution in [2.45, 2.75) is 45.6 Å². The van der Waals surface area contributed by atoms with Crippen LogP contribution < -0.4 is 0 Å². The van der Waals surface area contributed by atoms with Crippen molar-refractivity contribution in [3.05, 3.63) is 0 Å². The quantitative estimate of drug-likeness (QED) is 0.678. The van der Waals surface area contributed by atoms with Crippen LogP contribution in [0.5, 0.6) is 0 Å². The van der Waals surface area contributed by atoms with E-state index in [2.05, 4.69) is 0 Å². The Kier molecular flexibility index (Phi) is 3.24. The largest absolute Gasteiger partial charge is 0.460 e. The predicted octanol–water partition coefficient (Wildman–Crippen LogP) is 2.39. The molecule has 1 heterocycles. The van der Waals surface area contributed by atoms with Crippen LogP contribution in [0.4, 0.5) is 0 Å². The van der Waals surface area contributed by atoms with E-state index in [9.17, 15) is 4.79 Å². The van der Waals surface area contributed by atoms with E-state index >= 15 is 0 Å². The Morgan fingerprint density at radius 3 is 2.44 bits per heavy atom. The maximum atomic E-state index is 11.8. The summed E-state index contributed by atoms with van der Waals surface area (Å²) >= 11 is 0. The summed E-state index contributed by atoms with van der Waals surface area (Å²) in [7, 11) is 0. The molecule has 1 saturated heterocycles. The Morgan fingerprint density at radius 2 is 1.88 bits per heavy atom. The molecule has 92 valence electrons. The highest BCUT2D eigenvalue weighted by Gasteiger charge is 2.49. The molecule has 0 amide bonds. The highest BCUT2D eigenvalue weighted by molar-refractivity contribution is 5.76. The fourth-order valence-electron chi connectivity index (χ4n) is 2.53. The third-order valence-electron chi connectivity index (χ3n) is 3.42. The first-order valence-corrected chi connectivity index (χ1v) is 6.28. The minimum Gasteiger partial charge on any atom is -0.460 e. The van der Waals surface area contributed by atoms with E-state index in [1.807, 2.05) is 20.8 Å². The number of ether oxygens (including phenoxy) is 2. The van der Waals surface area contributed by atoms with Crippen LogP contribution in [0.2, 0.25) is 0 Å². The summed E-state index contributed by atoms with van der Waals surface area (Å²) in [5.41, 5.74) is -0.347. The molecule has 2 atom stereocenters. The van der Waals surface area contributed by atoms with Crippen molar-refractivity contribution in [2.24, 2.45) is 17.8 Å². The van der Waals surface area contributed by atoms with Crippen molar-refractivity contribution in [2.75, 3.05) is 13.2 Å². The molecule has 0 spiro atoms. The first kappa shape index (κ1) is 11.9. The molecule has 2 fully saturated rings. The number of hydrogen-bond donors (Lipinski definition) is 0. The molecule has 2 rings (SSSR count). The minimum absolute atomic E-state index is 0.00370. The van der Waals surface area contributed by atoms with Gasteiger partial charge < -0.3 is 9.47 Å². The summed E-state index contributed by atoms with van der Waals surface area (Å²) in [6, 6.07) is 0. The Morgan fingerprint density at radius 1 is 1.25 bits per heavy atom. The number of esters is 1. The highest BCUT2D eigenvalue weighted by Crippen LogP contribution is 2.48. The van der Waals surface area contributed by atoms with Crippen LogP contribution in [0.3, 0.4) is 0 Å². The first-order valence-electron chi connectivity index (χ1n) is 6.28. The average molecular weight is 226 g/mol. The third-order valence-corrected chi connectivity index (χ3v) is 3.42. The Bertz CT molecular complexity index is 261. The standard InChI is InChI=1S/C13H22O3/c1-13(2,3)16-12(14)11-8-10(11)9-4-6-15-7-5-9/h9-11H,4-8H2,1-3H3/t10-,11+/m0/s1. The van der Waals surface area contributed by atoms with Gasteiger partial charge in [0.25, 0.3) is 0 Å². The molecule has 0 radical (unpaired) electrons. The molecule has 1 aliphatic carbocycles. The van der Waals surface area contributed by atoms with E-state index in [1.165, 1.54) is 0 Å². The lowest BCUT2D eigenvalue weighted by atomic mass is 9.93. The smallest absolute Gasteiger partial charge is 0.309 e. The van der Waals surface area contributed by atoms with Crippen LogP contribution >= 0.6 is 0 Å². The number of carbonyl (C=O) groups excluding carboxylic acids is 1. The molecule has 16 heavy (non-hydrogen) atoms. The van der Waals surface area contributed by atoms with Gasteiger partial charge in [-0.25, -0.2) is 0 Å². The molecule has 0 unspecified atom stereocenters. The lowest BCUT2D eigenvalue weighted by Gasteiger charge is -2.23. The fourth-order valence-corrected chi connectivity index (χ4v) is 2.53. The summed E-state index contributed by atoms with van der Waals surface area (Å²) in [4.78, 5) is 11.8. The Balaban J connectivity index is 1.79. The number of rotatable bonds is 2. The molecule has 0 bridgehead atoms. The summed E-state index contributed by atoms with van der Waals surface area (Å²) < 4.78 is 10.8. The van der Waals surface area contributed by atoms with Crippen LogP contribution in [-0.2, 0) is 14.3 Å². The molecule has 2 aliphatic rings. The van der Waals surface area contributed by atoms with Crippen LogP contribution in [0, 0.1) is 17.8 Å². The molecule has 1 aliphatic heterocycles. The van der Waals surface area contributed by atoms with Gasteiger partial charge in [0.1, 0.15) is 5.60 Å². The van der Waals surface area contributed by atoms with E-state index in [4.69, 9.17) is 9.47 Å². The van der Waals surface area contributed by atoms with Crippen molar-refractivity contribution in [1.29, 1.82) is 0 Å². The highest BCUT2D eigenvalue weighted by atomic mass is 16.6. The Labute approximate surface area is 97.5 Å². The predicted molar refractivity (Wildman–Crippen MR) is 61.0 cm³/mol. The van der Waals surface area contributed by atoms with E-state index in [-0.39, 0.29) is 17.5 Å². The van der Waals surface area contributed by atoms with Crippen molar-refractivity contribution in [3.8, 4) is 0 Å². The summed E-state index contributed by atoms with van der Waals surface area (Å²) in [6.45, 7) is 7.51. The van der Waals surface area contributed by atoms with Crippen LogP contribution in [-0.4, -0.2) is 24.8 Å². The maximum Gasteiger partial charge on any atom is 0.309 e. The summed E-state index contributed by atoms with van der Waals surface area (Å²) in [6.07, 6.45) is 3.26. The van der Waals surface area contributed by atoms with E-state index < -0.39 is 0 Å². The van der Waals surface area contributed by atoms with Gasteiger partial charge in [-0.1, -0.05) is 0 Å². The number of carbonyl (C=O) groups is 1. The van der Waals surface area contributed by atoms with Gasteiger partial charge in [0, 0.05) is 13.2 Å². The number of hydrogen-bond acceptors (Lipinski definition) is 3. The molecule has 0 aromatic rings. The van der Waals surface area contributed by atoms with Crippen LogP contribution in [0.15, 0.2) is 0 Å². The second kappa shape index (κ2) is 4.36. The zero-order valence-electron chi connectivity index (χ0n) is 10.5. The Hall–Kier alpha value is -0.570. The van der Waals surface area contributed by atoms with Gasteiger partial charge in [0.05, 0.1) is 5.92 Å². The SMILES string of the molecule is CC(C)(C)OC(=O)[C@@H]1C[C@H]1C1CCOCC1. The lowest BCUT2D eigenvalue weighted by Crippen LogP contribution is -2.26. The molecule has 3 nitrogen and oxygen atoms in total. The van der Waals surface area contributed by atoms with Crippen molar-refractivity contribution in [1.82, 2.24) is 0 Å². The van der Waals surface area contributed by atoms with E-state index in [1.54, 1.807) is 0 Å². The lowest BCUT2D eigenvalue weighted by molar-refractivity contribution is -0.157. The molecule has 3 heteroatoms. The molecular formula is C13H22O3. The van der Waals surface area contributed by atoms with Gasteiger partial charge in [-0.2, -0.15) is 0 Å². The third kappa shape index (κ3) is 2.97. The molecule has 0 aromatic carbocycles. The van der Waals surface area contributed by atoms with E-state index in [0.717, 1.165) is 32.5 Å². The molecule has 1 saturated carbocycles. The van der Waals surface area contributed by atoms with Gasteiger partial charge in [-0.3, -0.25) is 4.79 Å². The van der Waals surface area contributed by atoms with Gasteiger partial charge in [0.15, 0.2) is 0 Å². The average Bonchev–Trinajstić information content (AvgIpc) is 2.96. The molecule has 0 aromatic heterocycles. The molecular weight excluding hydrogens is 204 g/mol. The second-order valence-corrected chi connectivity index (χ2v) is 5.99. The fraction of sp³-hybridized carbons (Fsp3) is 0.923. The summed E-state index contributed by atoms with van der Waals surface area (Å²) in [5, 5.41) is 0. The zero-order valence-corrected chi connectivity index (χ0v) is 10.5. The minimum atomic E-state index is -0.347. The first-order chi connectivity index (χ1) is 7.47. The molecule has 0 N–H and O–H groups in total.